The summed E-state index contributed by atoms with van der Waals surface area (Å²) in [5.74, 6) is 2.62. The molecule has 216 valence electrons. The Morgan fingerprint density at radius 2 is 1.90 bits per heavy atom. The van der Waals surface area contributed by atoms with Gasteiger partial charge in [-0.2, -0.15) is 5.10 Å². The second-order valence-corrected chi connectivity index (χ2v) is 13.6. The second-order valence-electron chi connectivity index (χ2n) is 13.6. The van der Waals surface area contributed by atoms with Crippen LogP contribution in [0.2, 0.25) is 0 Å². The molecule has 6 nitrogen and oxygen atoms in total. The van der Waals surface area contributed by atoms with Crippen LogP contribution in [0.4, 0.5) is 0 Å². The van der Waals surface area contributed by atoms with Crippen LogP contribution >= 0.6 is 0 Å². The number of rotatable bonds is 7. The fraction of sp³-hybridized carbons (Fsp3) is 0.472. The summed E-state index contributed by atoms with van der Waals surface area (Å²) < 4.78 is 0. The van der Waals surface area contributed by atoms with Gasteiger partial charge in [0, 0.05) is 22.7 Å². The molecule has 4 fully saturated rings. The number of aromatic amines is 1. The molecule has 1 amide bonds. The first-order valence-corrected chi connectivity index (χ1v) is 16.0. The summed E-state index contributed by atoms with van der Waals surface area (Å²) in [6, 6.07) is 20.6. The number of hydrogen-bond donors (Lipinski definition) is 3. The van der Waals surface area contributed by atoms with Crippen molar-refractivity contribution in [3.63, 3.8) is 0 Å². The van der Waals surface area contributed by atoms with Gasteiger partial charge in [-0.25, -0.2) is 0 Å². The van der Waals surface area contributed by atoms with E-state index in [0.29, 0.717) is 16.9 Å². The maximum atomic E-state index is 13.6. The Bertz CT molecular complexity index is 1590. The lowest BCUT2D eigenvalue weighted by molar-refractivity contribution is 0.00904. The van der Waals surface area contributed by atoms with Gasteiger partial charge in [-0.1, -0.05) is 43.2 Å². The van der Waals surface area contributed by atoms with Gasteiger partial charge < -0.3 is 10.4 Å². The maximum Gasteiger partial charge on any atom is 0.251 e. The van der Waals surface area contributed by atoms with Crippen LogP contribution in [0.3, 0.4) is 0 Å². The van der Waals surface area contributed by atoms with E-state index in [1.54, 1.807) is 0 Å². The van der Waals surface area contributed by atoms with Crippen molar-refractivity contribution in [2.45, 2.75) is 76.4 Å². The number of aliphatic hydroxyl groups excluding tert-OH is 1. The first-order valence-electron chi connectivity index (χ1n) is 16.0. The van der Waals surface area contributed by atoms with E-state index < -0.39 is 0 Å². The number of fused-ring (bicyclic) bond motifs is 1. The van der Waals surface area contributed by atoms with E-state index >= 15 is 0 Å². The molecule has 0 radical (unpaired) electrons. The first kappa shape index (κ1) is 26.1. The predicted octanol–water partition coefficient (Wildman–Crippen LogP) is 7.02. The molecular weight excluding hydrogens is 520 g/mol. The van der Waals surface area contributed by atoms with Crippen LogP contribution in [0.1, 0.15) is 85.4 Å². The molecule has 4 aromatic rings. The van der Waals surface area contributed by atoms with Gasteiger partial charge in [-0.05, 0) is 116 Å². The third-order valence-corrected chi connectivity index (χ3v) is 11.5. The zero-order valence-corrected chi connectivity index (χ0v) is 24.1. The second kappa shape index (κ2) is 10.3. The standard InChI is InChI=1S/C36H40N4O2/c41-28-20-27-18-26(30-14-15-36(27,30)21-28)17-22-8-10-24(11-9-22)33-29-19-25(12-13-31(29)39-40-33)35(42)38-34(23-5-1-2-6-23)32-7-3-4-16-37-32/h3-4,7-13,16,19,23,26-28,30,34,41H,1-2,5-6,14-15,17-18,20-21H2,(H,38,42)(H,39,40)/t26?,27?,28?,30?,34-,36?/m0/s1. The number of nitrogens with one attached hydrogen (secondary N) is 2. The van der Waals surface area contributed by atoms with Crippen LogP contribution in [-0.2, 0) is 6.42 Å². The third kappa shape index (κ3) is 4.38. The molecule has 8 rings (SSSR count). The highest BCUT2D eigenvalue weighted by molar-refractivity contribution is 6.01. The van der Waals surface area contributed by atoms with E-state index in [4.69, 9.17) is 0 Å². The molecule has 2 heterocycles. The van der Waals surface area contributed by atoms with E-state index in [2.05, 4.69) is 44.8 Å². The number of aliphatic hydroxyl groups is 1. The monoisotopic (exact) mass is 560 g/mol. The molecule has 0 bridgehead atoms. The predicted molar refractivity (Wildman–Crippen MR) is 164 cm³/mol. The fourth-order valence-corrected chi connectivity index (χ4v) is 9.47. The quantitative estimate of drug-likeness (QED) is 0.227. The van der Waals surface area contributed by atoms with Crippen LogP contribution in [0.25, 0.3) is 22.2 Å². The minimum absolute atomic E-state index is 0.0652. The normalized spacial score (nSPS) is 29.3. The number of H-pyrrole nitrogens is 1. The summed E-state index contributed by atoms with van der Waals surface area (Å²) >= 11 is 0. The van der Waals surface area contributed by atoms with Crippen molar-refractivity contribution >= 4 is 16.8 Å². The van der Waals surface area contributed by atoms with Gasteiger partial charge in [0.05, 0.1) is 29.1 Å². The molecule has 4 aliphatic rings. The lowest BCUT2D eigenvalue weighted by Gasteiger charge is -2.47. The van der Waals surface area contributed by atoms with Gasteiger partial charge in [0.15, 0.2) is 0 Å². The van der Waals surface area contributed by atoms with E-state index in [9.17, 15) is 9.90 Å². The average Bonchev–Trinajstić information content (AvgIpc) is 3.78. The summed E-state index contributed by atoms with van der Waals surface area (Å²) in [7, 11) is 0. The summed E-state index contributed by atoms with van der Waals surface area (Å²) in [4.78, 5) is 18.2. The molecule has 5 unspecified atom stereocenters. The number of hydrogen-bond acceptors (Lipinski definition) is 4. The molecule has 6 heteroatoms. The number of carbonyl (C=O) groups excluding carboxylic acids is 1. The largest absolute Gasteiger partial charge is 0.393 e. The van der Waals surface area contributed by atoms with E-state index in [1.165, 1.54) is 37.7 Å². The highest BCUT2D eigenvalue weighted by Crippen LogP contribution is 2.69. The Kier molecular flexibility index (Phi) is 6.43. The number of benzene rings is 2. The Balaban J connectivity index is 1.00. The van der Waals surface area contributed by atoms with E-state index in [0.717, 1.165) is 77.7 Å². The third-order valence-electron chi connectivity index (χ3n) is 11.5. The van der Waals surface area contributed by atoms with Crippen molar-refractivity contribution in [2.24, 2.45) is 29.1 Å². The van der Waals surface area contributed by atoms with E-state index in [-0.39, 0.29) is 18.1 Å². The number of aromatic nitrogens is 3. The SMILES string of the molecule is O=C(N[C@H](c1ccccn1)C1CCCC1)c1ccc2[nH]nc(-c3ccc(CC4CC5CC(O)CC56CCC46)cc3)c2c1. The Morgan fingerprint density at radius 3 is 2.64 bits per heavy atom. The molecule has 3 N–H and O–H groups in total. The maximum absolute atomic E-state index is 13.6. The minimum atomic E-state index is -0.0763. The van der Waals surface area contributed by atoms with E-state index in [1.807, 2.05) is 42.6 Å². The fourth-order valence-electron chi connectivity index (χ4n) is 9.47. The molecule has 0 saturated heterocycles. The van der Waals surface area contributed by atoms with Crippen LogP contribution in [0.5, 0.6) is 0 Å². The molecule has 4 aliphatic carbocycles. The molecule has 2 aromatic carbocycles. The summed E-state index contributed by atoms with van der Waals surface area (Å²) in [5.41, 5.74) is 6.30. The van der Waals surface area contributed by atoms with Crippen molar-refractivity contribution in [3.8, 4) is 11.3 Å². The van der Waals surface area contributed by atoms with Crippen LogP contribution in [-0.4, -0.2) is 32.3 Å². The first-order chi connectivity index (χ1) is 20.6. The highest BCUT2D eigenvalue weighted by Gasteiger charge is 2.63. The Labute approximate surface area is 247 Å². The van der Waals surface area contributed by atoms with Gasteiger partial charge in [0.2, 0.25) is 0 Å². The minimum Gasteiger partial charge on any atom is -0.393 e. The number of nitrogens with zero attached hydrogens (tertiary/aromatic N) is 2. The van der Waals surface area contributed by atoms with Crippen LogP contribution < -0.4 is 5.32 Å². The molecular formula is C36H40N4O2. The summed E-state index contributed by atoms with van der Waals surface area (Å²) in [6.45, 7) is 0. The zero-order valence-electron chi connectivity index (χ0n) is 24.1. The van der Waals surface area contributed by atoms with Gasteiger partial charge in [-0.3, -0.25) is 14.9 Å². The molecule has 0 aliphatic heterocycles. The number of pyridine rings is 1. The van der Waals surface area contributed by atoms with Gasteiger partial charge in [0.25, 0.3) is 5.91 Å². The number of carbonyl (C=O) groups is 1. The smallest absolute Gasteiger partial charge is 0.251 e. The zero-order chi connectivity index (χ0) is 28.3. The van der Waals surface area contributed by atoms with Crippen LogP contribution in [0, 0.1) is 29.1 Å². The van der Waals surface area contributed by atoms with Crippen molar-refractivity contribution in [3.05, 3.63) is 83.7 Å². The van der Waals surface area contributed by atoms with Gasteiger partial charge in [0.1, 0.15) is 0 Å². The summed E-state index contributed by atoms with van der Waals surface area (Å²) in [5, 5.41) is 22.4. The van der Waals surface area contributed by atoms with Crippen molar-refractivity contribution < 1.29 is 9.90 Å². The number of amides is 1. The van der Waals surface area contributed by atoms with Crippen LogP contribution in [0.15, 0.2) is 66.9 Å². The summed E-state index contributed by atoms with van der Waals surface area (Å²) in [6.07, 6.45) is 13.5. The average molecular weight is 561 g/mol. The lowest BCUT2D eigenvalue weighted by Crippen LogP contribution is -2.40. The van der Waals surface area contributed by atoms with Crippen molar-refractivity contribution in [1.29, 1.82) is 0 Å². The highest BCUT2D eigenvalue weighted by atomic mass is 16.3. The lowest BCUT2D eigenvalue weighted by atomic mass is 9.57. The molecule has 6 atom stereocenters. The van der Waals surface area contributed by atoms with Gasteiger partial charge in [-0.15, -0.1) is 0 Å². The Hall–Kier alpha value is -3.51. The topological polar surface area (TPSA) is 90.9 Å². The Morgan fingerprint density at radius 1 is 1.05 bits per heavy atom. The molecule has 1 spiro atoms. The molecule has 2 aromatic heterocycles. The molecule has 42 heavy (non-hydrogen) atoms. The van der Waals surface area contributed by atoms with Gasteiger partial charge >= 0.3 is 0 Å². The van der Waals surface area contributed by atoms with Crippen molar-refractivity contribution in [2.75, 3.05) is 0 Å². The van der Waals surface area contributed by atoms with Crippen molar-refractivity contribution in [1.82, 2.24) is 20.5 Å². The molecule has 4 saturated carbocycles.